The van der Waals surface area contributed by atoms with Gasteiger partial charge >= 0.3 is 0 Å². The summed E-state index contributed by atoms with van der Waals surface area (Å²) in [5.41, 5.74) is -0.111. The van der Waals surface area contributed by atoms with Crippen LogP contribution in [0.4, 0.5) is 0 Å². The van der Waals surface area contributed by atoms with Crippen molar-refractivity contribution in [1.29, 1.82) is 0 Å². The molecule has 0 radical (unpaired) electrons. The molecule has 0 bridgehead atoms. The van der Waals surface area contributed by atoms with Crippen LogP contribution in [0.2, 0.25) is 0 Å². The molecule has 1 rings (SSSR count). The second-order valence-corrected chi connectivity index (χ2v) is 3.38. The van der Waals surface area contributed by atoms with Crippen molar-refractivity contribution in [3.05, 3.63) is 0 Å². The zero-order valence-corrected chi connectivity index (χ0v) is 7.26. The first-order valence-electron chi connectivity index (χ1n) is 4.17. The van der Waals surface area contributed by atoms with Crippen LogP contribution in [-0.4, -0.2) is 36.5 Å². The second kappa shape index (κ2) is 3.52. The van der Waals surface area contributed by atoms with E-state index in [1.807, 2.05) is 13.8 Å². The number of aliphatic hydroxyl groups excluding tert-OH is 1. The lowest BCUT2D eigenvalue weighted by molar-refractivity contribution is 0.0680. The highest BCUT2D eigenvalue weighted by molar-refractivity contribution is 4.93. The first-order chi connectivity index (χ1) is 5.20. The van der Waals surface area contributed by atoms with Gasteiger partial charge in [-0.3, -0.25) is 0 Å². The molecular formula is C8H17NO2. The van der Waals surface area contributed by atoms with E-state index in [0.29, 0.717) is 0 Å². The molecule has 1 fully saturated rings. The van der Waals surface area contributed by atoms with Crippen LogP contribution >= 0.6 is 0 Å². The van der Waals surface area contributed by atoms with E-state index in [-0.39, 0.29) is 18.2 Å². The molecule has 0 spiro atoms. The van der Waals surface area contributed by atoms with Crippen LogP contribution < -0.4 is 5.32 Å². The van der Waals surface area contributed by atoms with Gasteiger partial charge in [-0.1, -0.05) is 0 Å². The largest absolute Gasteiger partial charge is 0.394 e. The van der Waals surface area contributed by atoms with Crippen molar-refractivity contribution >= 4 is 0 Å². The molecule has 2 atom stereocenters. The predicted octanol–water partition coefficient (Wildman–Crippen LogP) is 0.136. The summed E-state index contributed by atoms with van der Waals surface area (Å²) in [6, 6.07) is 0. The summed E-state index contributed by atoms with van der Waals surface area (Å²) in [4.78, 5) is 0. The van der Waals surface area contributed by atoms with Crippen LogP contribution in [0.3, 0.4) is 0 Å². The summed E-state index contributed by atoms with van der Waals surface area (Å²) in [5, 5.41) is 12.2. The Labute approximate surface area is 67.7 Å². The van der Waals surface area contributed by atoms with Crippen molar-refractivity contribution in [2.75, 3.05) is 19.8 Å². The minimum absolute atomic E-state index is 0.111. The van der Waals surface area contributed by atoms with Gasteiger partial charge in [0.1, 0.15) is 0 Å². The quantitative estimate of drug-likeness (QED) is 0.615. The average molecular weight is 159 g/mol. The van der Waals surface area contributed by atoms with Gasteiger partial charge in [-0.2, -0.15) is 0 Å². The SMILES string of the molecule is CCO[C@@H]1CN[C@](C)(CO)C1. The van der Waals surface area contributed by atoms with Gasteiger partial charge in [-0.15, -0.1) is 0 Å². The molecule has 11 heavy (non-hydrogen) atoms. The Morgan fingerprint density at radius 1 is 1.73 bits per heavy atom. The average Bonchev–Trinajstić information content (AvgIpc) is 2.35. The molecular weight excluding hydrogens is 142 g/mol. The molecule has 0 saturated carbocycles. The van der Waals surface area contributed by atoms with E-state index < -0.39 is 0 Å². The zero-order chi connectivity index (χ0) is 8.32. The Morgan fingerprint density at radius 2 is 2.45 bits per heavy atom. The molecule has 1 aliphatic rings. The van der Waals surface area contributed by atoms with Crippen molar-refractivity contribution in [3.8, 4) is 0 Å². The van der Waals surface area contributed by atoms with Gasteiger partial charge in [0.05, 0.1) is 12.7 Å². The monoisotopic (exact) mass is 159 g/mol. The van der Waals surface area contributed by atoms with E-state index in [0.717, 1.165) is 19.6 Å². The Kier molecular flexibility index (Phi) is 2.87. The Morgan fingerprint density at radius 3 is 2.91 bits per heavy atom. The van der Waals surface area contributed by atoms with Crippen molar-refractivity contribution in [2.24, 2.45) is 0 Å². The second-order valence-electron chi connectivity index (χ2n) is 3.38. The van der Waals surface area contributed by atoms with E-state index in [2.05, 4.69) is 5.32 Å². The van der Waals surface area contributed by atoms with Crippen LogP contribution in [0.5, 0.6) is 0 Å². The minimum Gasteiger partial charge on any atom is -0.394 e. The van der Waals surface area contributed by atoms with Crippen LogP contribution in [0, 0.1) is 0 Å². The third-order valence-corrected chi connectivity index (χ3v) is 2.19. The zero-order valence-electron chi connectivity index (χ0n) is 7.26. The Balaban J connectivity index is 2.33. The molecule has 0 amide bonds. The lowest BCUT2D eigenvalue weighted by Crippen LogP contribution is -2.39. The first-order valence-corrected chi connectivity index (χ1v) is 4.17. The molecule has 66 valence electrons. The van der Waals surface area contributed by atoms with Crippen molar-refractivity contribution in [1.82, 2.24) is 5.32 Å². The maximum atomic E-state index is 8.99. The summed E-state index contributed by atoms with van der Waals surface area (Å²) in [6.07, 6.45) is 1.20. The lowest BCUT2D eigenvalue weighted by atomic mass is 10.0. The number of rotatable bonds is 3. The molecule has 1 heterocycles. The van der Waals surface area contributed by atoms with Gasteiger partial charge in [0.15, 0.2) is 0 Å². The highest BCUT2D eigenvalue weighted by Gasteiger charge is 2.33. The molecule has 2 N–H and O–H groups in total. The third-order valence-electron chi connectivity index (χ3n) is 2.19. The maximum absolute atomic E-state index is 8.99. The number of nitrogens with one attached hydrogen (secondary N) is 1. The molecule has 0 aromatic carbocycles. The third kappa shape index (κ3) is 2.15. The predicted molar refractivity (Wildman–Crippen MR) is 43.5 cm³/mol. The molecule has 0 unspecified atom stereocenters. The van der Waals surface area contributed by atoms with E-state index >= 15 is 0 Å². The Bertz CT molecular complexity index is 129. The van der Waals surface area contributed by atoms with E-state index in [1.54, 1.807) is 0 Å². The van der Waals surface area contributed by atoms with Gasteiger partial charge in [0.2, 0.25) is 0 Å². The van der Waals surface area contributed by atoms with Crippen molar-refractivity contribution in [2.45, 2.75) is 31.9 Å². The summed E-state index contributed by atoms with van der Waals surface area (Å²) < 4.78 is 5.43. The van der Waals surface area contributed by atoms with Gasteiger partial charge < -0.3 is 15.2 Å². The topological polar surface area (TPSA) is 41.5 Å². The number of aliphatic hydroxyl groups is 1. The van der Waals surface area contributed by atoms with Crippen LogP contribution in [-0.2, 0) is 4.74 Å². The molecule has 1 saturated heterocycles. The van der Waals surface area contributed by atoms with Gasteiger partial charge in [-0.25, -0.2) is 0 Å². The summed E-state index contributed by atoms with van der Waals surface area (Å²) in [5.74, 6) is 0. The molecule has 3 heteroatoms. The summed E-state index contributed by atoms with van der Waals surface area (Å²) in [7, 11) is 0. The maximum Gasteiger partial charge on any atom is 0.0717 e. The fourth-order valence-electron chi connectivity index (χ4n) is 1.48. The van der Waals surface area contributed by atoms with Crippen molar-refractivity contribution in [3.63, 3.8) is 0 Å². The standard InChI is InChI=1S/C8H17NO2/c1-3-11-7-4-8(2,6-10)9-5-7/h7,9-10H,3-6H2,1-2H3/t7-,8-/m0/s1. The van der Waals surface area contributed by atoms with Crippen LogP contribution in [0.15, 0.2) is 0 Å². The number of hydrogen-bond donors (Lipinski definition) is 2. The Hall–Kier alpha value is -0.120. The van der Waals surface area contributed by atoms with Gasteiger partial charge in [-0.05, 0) is 20.3 Å². The van der Waals surface area contributed by atoms with Crippen LogP contribution in [0.25, 0.3) is 0 Å². The van der Waals surface area contributed by atoms with Gasteiger partial charge in [0, 0.05) is 18.7 Å². The van der Waals surface area contributed by atoms with Gasteiger partial charge in [0.25, 0.3) is 0 Å². The smallest absolute Gasteiger partial charge is 0.0717 e. The van der Waals surface area contributed by atoms with E-state index in [4.69, 9.17) is 9.84 Å². The minimum atomic E-state index is -0.111. The highest BCUT2D eigenvalue weighted by atomic mass is 16.5. The highest BCUT2D eigenvalue weighted by Crippen LogP contribution is 2.20. The van der Waals surface area contributed by atoms with E-state index in [1.165, 1.54) is 0 Å². The lowest BCUT2D eigenvalue weighted by Gasteiger charge is -2.20. The summed E-state index contributed by atoms with van der Waals surface area (Å²) in [6.45, 7) is 5.83. The first kappa shape index (κ1) is 8.97. The normalized spacial score (nSPS) is 37.9. The number of ether oxygens (including phenoxy) is 1. The molecule has 1 aliphatic heterocycles. The fraction of sp³-hybridized carbons (Fsp3) is 1.00. The van der Waals surface area contributed by atoms with Crippen LogP contribution in [0.1, 0.15) is 20.3 Å². The number of hydrogen-bond acceptors (Lipinski definition) is 3. The molecule has 0 aromatic heterocycles. The molecule has 0 aromatic rings. The summed E-state index contributed by atoms with van der Waals surface area (Å²) >= 11 is 0. The van der Waals surface area contributed by atoms with Crippen molar-refractivity contribution < 1.29 is 9.84 Å². The molecule has 0 aliphatic carbocycles. The van der Waals surface area contributed by atoms with E-state index in [9.17, 15) is 0 Å². The molecule has 3 nitrogen and oxygen atoms in total. The fourth-order valence-corrected chi connectivity index (χ4v) is 1.48.